The zero-order valence-corrected chi connectivity index (χ0v) is 13.7. The fraction of sp³-hybridized carbons (Fsp3) is 0.647. The molecule has 3 rings (SSSR count). The van der Waals surface area contributed by atoms with E-state index in [9.17, 15) is 4.79 Å². The minimum atomic E-state index is -0.119. The average molecular weight is 307 g/mol. The van der Waals surface area contributed by atoms with Crippen molar-refractivity contribution in [3.8, 4) is 0 Å². The molecular formula is C17H23ClN2O. The highest BCUT2D eigenvalue weighted by atomic mass is 35.5. The molecule has 0 aliphatic heterocycles. The maximum Gasteiger partial charge on any atom is 0.251 e. The highest BCUT2D eigenvalue weighted by molar-refractivity contribution is 6.29. The van der Waals surface area contributed by atoms with E-state index in [0.29, 0.717) is 28.6 Å². The molecule has 0 spiro atoms. The van der Waals surface area contributed by atoms with Crippen LogP contribution in [-0.2, 0) is 5.41 Å². The van der Waals surface area contributed by atoms with E-state index in [1.165, 1.54) is 25.7 Å². The minimum Gasteiger partial charge on any atom is -0.349 e. The van der Waals surface area contributed by atoms with Crippen molar-refractivity contribution in [2.75, 3.05) is 0 Å². The van der Waals surface area contributed by atoms with Crippen molar-refractivity contribution in [3.05, 3.63) is 28.5 Å². The van der Waals surface area contributed by atoms with Gasteiger partial charge in [-0.25, -0.2) is 4.98 Å². The summed E-state index contributed by atoms with van der Waals surface area (Å²) in [6, 6.07) is 3.91. The number of amides is 1. The Hall–Kier alpha value is -1.09. The second-order valence-electron chi connectivity index (χ2n) is 7.49. The van der Waals surface area contributed by atoms with Crippen molar-refractivity contribution < 1.29 is 4.79 Å². The molecule has 0 aromatic carbocycles. The SMILES string of the molecule is CC(C)(C)c1cc(C(=O)NC(C2CC2)C2CC2)cc(Cl)n1. The van der Waals surface area contributed by atoms with Gasteiger partial charge in [-0.2, -0.15) is 0 Å². The molecule has 0 atom stereocenters. The van der Waals surface area contributed by atoms with Gasteiger partial charge in [-0.05, 0) is 49.7 Å². The number of halogens is 1. The molecular weight excluding hydrogens is 284 g/mol. The largest absolute Gasteiger partial charge is 0.349 e. The molecule has 2 aliphatic carbocycles. The summed E-state index contributed by atoms with van der Waals surface area (Å²) in [5.41, 5.74) is 1.37. The molecule has 4 heteroatoms. The molecule has 2 fully saturated rings. The Bertz CT molecular complexity index is 544. The third-order valence-electron chi connectivity index (χ3n) is 4.38. The monoisotopic (exact) mass is 306 g/mol. The highest BCUT2D eigenvalue weighted by Crippen LogP contribution is 2.44. The Labute approximate surface area is 131 Å². The van der Waals surface area contributed by atoms with Crippen molar-refractivity contribution in [2.45, 2.75) is 57.9 Å². The van der Waals surface area contributed by atoms with Crippen LogP contribution in [0.25, 0.3) is 0 Å². The van der Waals surface area contributed by atoms with Crippen LogP contribution < -0.4 is 5.32 Å². The number of hydrogen-bond donors (Lipinski definition) is 1. The molecule has 21 heavy (non-hydrogen) atoms. The predicted octanol–water partition coefficient (Wildman–Crippen LogP) is 3.95. The number of hydrogen-bond acceptors (Lipinski definition) is 2. The van der Waals surface area contributed by atoms with Crippen LogP contribution in [0.15, 0.2) is 12.1 Å². The Balaban J connectivity index is 1.78. The normalized spacial score (nSPS) is 18.9. The summed E-state index contributed by atoms with van der Waals surface area (Å²) in [5.74, 6) is 1.38. The highest BCUT2D eigenvalue weighted by Gasteiger charge is 2.42. The van der Waals surface area contributed by atoms with Gasteiger partial charge in [0.05, 0.1) is 0 Å². The molecule has 2 aliphatic rings. The van der Waals surface area contributed by atoms with E-state index in [0.717, 1.165) is 5.69 Å². The third kappa shape index (κ3) is 3.57. The molecule has 3 nitrogen and oxygen atoms in total. The van der Waals surface area contributed by atoms with Gasteiger partial charge in [-0.1, -0.05) is 32.4 Å². The second kappa shape index (κ2) is 5.28. The van der Waals surface area contributed by atoms with Gasteiger partial charge in [0, 0.05) is 22.7 Å². The summed E-state index contributed by atoms with van der Waals surface area (Å²) in [6.45, 7) is 6.22. The number of carbonyl (C=O) groups excluding carboxylic acids is 1. The van der Waals surface area contributed by atoms with Crippen LogP contribution in [0.5, 0.6) is 0 Å². The fourth-order valence-corrected chi connectivity index (χ4v) is 2.99. The smallest absolute Gasteiger partial charge is 0.251 e. The average Bonchev–Trinajstić information content (AvgIpc) is 3.26. The number of carbonyl (C=O) groups is 1. The summed E-state index contributed by atoms with van der Waals surface area (Å²) in [7, 11) is 0. The first-order valence-electron chi connectivity index (χ1n) is 7.83. The van der Waals surface area contributed by atoms with E-state index in [1.807, 2.05) is 6.07 Å². The first-order chi connectivity index (χ1) is 9.84. The van der Waals surface area contributed by atoms with Gasteiger partial charge in [0.15, 0.2) is 0 Å². The minimum absolute atomic E-state index is 0.00593. The van der Waals surface area contributed by atoms with Gasteiger partial charge in [0.2, 0.25) is 0 Å². The van der Waals surface area contributed by atoms with Gasteiger partial charge in [0.25, 0.3) is 5.91 Å². The lowest BCUT2D eigenvalue weighted by Crippen LogP contribution is -2.38. The van der Waals surface area contributed by atoms with Gasteiger partial charge in [0.1, 0.15) is 5.15 Å². The zero-order valence-electron chi connectivity index (χ0n) is 12.9. The lowest BCUT2D eigenvalue weighted by Gasteiger charge is -2.20. The van der Waals surface area contributed by atoms with Gasteiger partial charge >= 0.3 is 0 Å². The van der Waals surface area contributed by atoms with Crippen molar-refractivity contribution in [1.82, 2.24) is 10.3 Å². The number of aromatic nitrogens is 1. The maximum absolute atomic E-state index is 12.6. The van der Waals surface area contributed by atoms with Crippen LogP contribution in [-0.4, -0.2) is 16.9 Å². The topological polar surface area (TPSA) is 42.0 Å². The van der Waals surface area contributed by atoms with Crippen LogP contribution in [0.2, 0.25) is 5.15 Å². The molecule has 1 aromatic rings. The van der Waals surface area contributed by atoms with Crippen LogP contribution in [0, 0.1) is 11.8 Å². The van der Waals surface area contributed by atoms with Gasteiger partial charge < -0.3 is 5.32 Å². The van der Waals surface area contributed by atoms with Crippen molar-refractivity contribution in [1.29, 1.82) is 0 Å². The Morgan fingerprint density at radius 3 is 2.29 bits per heavy atom. The summed E-state index contributed by atoms with van der Waals surface area (Å²) < 4.78 is 0. The number of pyridine rings is 1. The van der Waals surface area contributed by atoms with Gasteiger partial charge in [-0.3, -0.25) is 4.79 Å². The van der Waals surface area contributed by atoms with E-state index in [2.05, 4.69) is 31.1 Å². The quantitative estimate of drug-likeness (QED) is 0.856. The van der Waals surface area contributed by atoms with Crippen molar-refractivity contribution in [3.63, 3.8) is 0 Å². The zero-order chi connectivity index (χ0) is 15.2. The molecule has 1 heterocycles. The van der Waals surface area contributed by atoms with Crippen LogP contribution in [0.4, 0.5) is 0 Å². The predicted molar refractivity (Wildman–Crippen MR) is 84.6 cm³/mol. The first kappa shape index (κ1) is 14.8. The molecule has 1 aromatic heterocycles. The molecule has 2 saturated carbocycles. The summed E-state index contributed by atoms with van der Waals surface area (Å²) in [4.78, 5) is 16.9. The summed E-state index contributed by atoms with van der Waals surface area (Å²) in [5, 5.41) is 3.63. The van der Waals surface area contributed by atoms with E-state index in [4.69, 9.17) is 11.6 Å². The van der Waals surface area contributed by atoms with Crippen LogP contribution in [0.1, 0.15) is 62.5 Å². The summed E-state index contributed by atoms with van der Waals surface area (Å²) in [6.07, 6.45) is 5.02. The van der Waals surface area contributed by atoms with Crippen molar-refractivity contribution >= 4 is 17.5 Å². The van der Waals surface area contributed by atoms with E-state index >= 15 is 0 Å². The standard InChI is InChI=1S/C17H23ClN2O/c1-17(2,3)13-8-12(9-14(18)19-13)16(21)20-15(10-4-5-10)11-6-7-11/h8-11,15H,4-7H2,1-3H3,(H,20,21). The molecule has 114 valence electrons. The van der Waals surface area contributed by atoms with Gasteiger partial charge in [-0.15, -0.1) is 0 Å². The number of nitrogens with one attached hydrogen (secondary N) is 1. The van der Waals surface area contributed by atoms with E-state index < -0.39 is 0 Å². The molecule has 0 unspecified atom stereocenters. The number of rotatable bonds is 4. The Morgan fingerprint density at radius 2 is 1.81 bits per heavy atom. The summed E-state index contributed by atoms with van der Waals surface area (Å²) >= 11 is 6.10. The Kier molecular flexibility index (Phi) is 3.73. The molecule has 0 bridgehead atoms. The molecule has 1 N–H and O–H groups in total. The maximum atomic E-state index is 12.6. The van der Waals surface area contributed by atoms with E-state index in [1.54, 1.807) is 6.07 Å². The fourth-order valence-electron chi connectivity index (χ4n) is 2.78. The molecule has 0 radical (unpaired) electrons. The Morgan fingerprint density at radius 1 is 1.24 bits per heavy atom. The van der Waals surface area contributed by atoms with Crippen LogP contribution >= 0.6 is 11.6 Å². The lowest BCUT2D eigenvalue weighted by atomic mass is 9.90. The lowest BCUT2D eigenvalue weighted by molar-refractivity contribution is 0.0926. The van der Waals surface area contributed by atoms with E-state index in [-0.39, 0.29) is 11.3 Å². The van der Waals surface area contributed by atoms with Crippen molar-refractivity contribution in [2.24, 2.45) is 11.8 Å². The molecule has 1 amide bonds. The van der Waals surface area contributed by atoms with Crippen LogP contribution in [0.3, 0.4) is 0 Å². The molecule has 0 saturated heterocycles. The second-order valence-corrected chi connectivity index (χ2v) is 7.88. The third-order valence-corrected chi connectivity index (χ3v) is 4.58. The number of nitrogens with zero attached hydrogens (tertiary/aromatic N) is 1. The first-order valence-corrected chi connectivity index (χ1v) is 8.21.